The number of carbonyl (C=O) groups is 1. The number of nitrogens with zero attached hydrogens (tertiary/aromatic N) is 2. The second kappa shape index (κ2) is 8.31. The molecule has 1 aromatic heterocycles. The van der Waals surface area contributed by atoms with Gasteiger partial charge in [-0.1, -0.05) is 48.5 Å². The Balaban J connectivity index is 1.75. The van der Waals surface area contributed by atoms with Crippen molar-refractivity contribution in [3.05, 3.63) is 93.7 Å². The number of para-hydroxylation sites is 1. The lowest BCUT2D eigenvalue weighted by molar-refractivity contribution is 0.0689. The number of aromatic nitrogens is 2. The second-order valence-electron chi connectivity index (χ2n) is 6.14. The minimum Gasteiger partial charge on any atom is -0.489 e. The molecule has 0 aliphatic heterocycles. The van der Waals surface area contributed by atoms with Crippen LogP contribution in [-0.2, 0) is 26.5 Å². The highest BCUT2D eigenvalue weighted by atomic mass is 16.5. The zero-order valence-electron chi connectivity index (χ0n) is 15.0. The van der Waals surface area contributed by atoms with Crippen LogP contribution in [0.4, 0.5) is 0 Å². The summed E-state index contributed by atoms with van der Waals surface area (Å²) < 4.78 is 7.32. The van der Waals surface area contributed by atoms with E-state index >= 15 is 0 Å². The first-order valence-electron chi connectivity index (χ1n) is 8.59. The summed E-state index contributed by atoms with van der Waals surface area (Å²) in [6, 6.07) is 18.6. The standard InChI is InChI=1S/C21H20N2O4/c1-23-19(22-17(21(25)26)13-20(23)24)12-11-16-9-5-6-10-18(16)27-14-15-7-3-2-4-8-15/h2-10,13H,11-12,14H2,1H3,(H,25,26). The van der Waals surface area contributed by atoms with Gasteiger partial charge in [0.15, 0.2) is 5.69 Å². The summed E-state index contributed by atoms with van der Waals surface area (Å²) in [7, 11) is 1.59. The topological polar surface area (TPSA) is 81.4 Å². The van der Waals surface area contributed by atoms with Gasteiger partial charge >= 0.3 is 5.97 Å². The molecule has 138 valence electrons. The van der Waals surface area contributed by atoms with Crippen molar-refractivity contribution in [2.24, 2.45) is 7.05 Å². The number of hydrogen-bond donors (Lipinski definition) is 1. The van der Waals surface area contributed by atoms with Crippen LogP contribution in [-0.4, -0.2) is 20.6 Å². The predicted octanol–water partition coefficient (Wildman–Crippen LogP) is 2.84. The van der Waals surface area contributed by atoms with Gasteiger partial charge in [-0.25, -0.2) is 9.78 Å². The van der Waals surface area contributed by atoms with Crippen LogP contribution in [0.25, 0.3) is 0 Å². The number of carboxylic acid groups (broad SMARTS) is 1. The highest BCUT2D eigenvalue weighted by Crippen LogP contribution is 2.21. The quantitative estimate of drug-likeness (QED) is 0.697. The minimum absolute atomic E-state index is 0.235. The van der Waals surface area contributed by atoms with Crippen LogP contribution < -0.4 is 10.3 Å². The Kier molecular flexibility index (Phi) is 5.66. The Morgan fingerprint density at radius 1 is 1.07 bits per heavy atom. The number of carboxylic acids is 1. The fourth-order valence-electron chi connectivity index (χ4n) is 2.75. The molecular formula is C21H20N2O4. The van der Waals surface area contributed by atoms with Crippen molar-refractivity contribution < 1.29 is 14.6 Å². The third kappa shape index (κ3) is 4.61. The molecule has 0 unspecified atom stereocenters. The van der Waals surface area contributed by atoms with E-state index in [1.807, 2.05) is 54.6 Å². The van der Waals surface area contributed by atoms with Crippen LogP contribution in [0.1, 0.15) is 27.4 Å². The van der Waals surface area contributed by atoms with Gasteiger partial charge in [0.1, 0.15) is 18.2 Å². The van der Waals surface area contributed by atoms with Gasteiger partial charge in [0.05, 0.1) is 0 Å². The van der Waals surface area contributed by atoms with Gasteiger partial charge in [0.25, 0.3) is 5.56 Å². The first-order valence-corrected chi connectivity index (χ1v) is 8.59. The molecule has 0 atom stereocenters. The number of benzene rings is 2. The summed E-state index contributed by atoms with van der Waals surface area (Å²) in [6.07, 6.45) is 1.01. The van der Waals surface area contributed by atoms with Crippen molar-refractivity contribution in [3.63, 3.8) is 0 Å². The van der Waals surface area contributed by atoms with Crippen LogP contribution >= 0.6 is 0 Å². The van der Waals surface area contributed by atoms with Crippen LogP contribution in [0, 0.1) is 0 Å². The highest BCUT2D eigenvalue weighted by molar-refractivity contribution is 5.85. The van der Waals surface area contributed by atoms with Gasteiger partial charge in [-0.05, 0) is 23.6 Å². The van der Waals surface area contributed by atoms with Crippen molar-refractivity contribution in [2.75, 3.05) is 0 Å². The zero-order chi connectivity index (χ0) is 19.2. The zero-order valence-corrected chi connectivity index (χ0v) is 15.0. The fourth-order valence-corrected chi connectivity index (χ4v) is 2.75. The molecule has 0 fully saturated rings. The van der Waals surface area contributed by atoms with Gasteiger partial charge in [-0.2, -0.15) is 0 Å². The Bertz CT molecular complexity index is 997. The lowest BCUT2D eigenvalue weighted by atomic mass is 10.1. The van der Waals surface area contributed by atoms with Crippen molar-refractivity contribution >= 4 is 5.97 Å². The summed E-state index contributed by atoms with van der Waals surface area (Å²) >= 11 is 0. The van der Waals surface area contributed by atoms with E-state index in [0.29, 0.717) is 25.3 Å². The molecule has 0 bridgehead atoms. The SMILES string of the molecule is Cn1c(CCc2ccccc2OCc2ccccc2)nc(C(=O)O)cc1=O. The van der Waals surface area contributed by atoms with E-state index in [0.717, 1.165) is 22.9 Å². The molecule has 2 aromatic carbocycles. The third-order valence-corrected chi connectivity index (χ3v) is 4.27. The van der Waals surface area contributed by atoms with Gasteiger partial charge in [-0.15, -0.1) is 0 Å². The normalized spacial score (nSPS) is 10.6. The molecule has 0 aliphatic carbocycles. The van der Waals surface area contributed by atoms with E-state index in [2.05, 4.69) is 4.98 Å². The summed E-state index contributed by atoms with van der Waals surface area (Å²) in [5, 5.41) is 9.10. The van der Waals surface area contributed by atoms with Crippen molar-refractivity contribution in [1.29, 1.82) is 0 Å². The molecule has 0 saturated carbocycles. The van der Waals surface area contributed by atoms with Gasteiger partial charge < -0.3 is 9.84 Å². The van der Waals surface area contributed by atoms with Gasteiger partial charge in [-0.3, -0.25) is 9.36 Å². The largest absolute Gasteiger partial charge is 0.489 e. The van der Waals surface area contributed by atoms with E-state index in [1.165, 1.54) is 4.57 Å². The number of hydrogen-bond acceptors (Lipinski definition) is 4. The maximum absolute atomic E-state index is 11.9. The highest BCUT2D eigenvalue weighted by Gasteiger charge is 2.12. The summed E-state index contributed by atoms with van der Waals surface area (Å²) in [6.45, 7) is 0.461. The Morgan fingerprint density at radius 3 is 2.52 bits per heavy atom. The molecule has 0 spiro atoms. The lowest BCUT2D eigenvalue weighted by Gasteiger charge is -2.12. The molecule has 6 heteroatoms. The third-order valence-electron chi connectivity index (χ3n) is 4.27. The van der Waals surface area contributed by atoms with Crippen LogP contribution in [0.15, 0.2) is 65.5 Å². The monoisotopic (exact) mass is 364 g/mol. The summed E-state index contributed by atoms with van der Waals surface area (Å²) in [5.41, 5.74) is 1.43. The van der Waals surface area contributed by atoms with E-state index in [1.54, 1.807) is 7.05 Å². The number of aryl methyl sites for hydroxylation is 2. The maximum Gasteiger partial charge on any atom is 0.354 e. The Morgan fingerprint density at radius 2 is 1.78 bits per heavy atom. The number of rotatable bonds is 7. The number of aromatic carboxylic acids is 1. The molecular weight excluding hydrogens is 344 g/mol. The first-order chi connectivity index (χ1) is 13.0. The number of ether oxygens (including phenoxy) is 1. The van der Waals surface area contributed by atoms with Crippen molar-refractivity contribution in [2.45, 2.75) is 19.4 Å². The molecule has 1 heterocycles. The molecule has 1 N–H and O–H groups in total. The fraction of sp³-hybridized carbons (Fsp3) is 0.190. The Labute approximate surface area is 156 Å². The van der Waals surface area contributed by atoms with Crippen LogP contribution in [0.5, 0.6) is 5.75 Å². The first kappa shape index (κ1) is 18.4. The molecule has 0 aliphatic rings. The van der Waals surface area contributed by atoms with Crippen LogP contribution in [0.2, 0.25) is 0 Å². The lowest BCUT2D eigenvalue weighted by Crippen LogP contribution is -2.24. The van der Waals surface area contributed by atoms with Crippen molar-refractivity contribution in [1.82, 2.24) is 9.55 Å². The van der Waals surface area contributed by atoms with E-state index in [4.69, 9.17) is 9.84 Å². The molecule has 3 aromatic rings. The van der Waals surface area contributed by atoms with E-state index < -0.39 is 5.97 Å². The molecule has 0 radical (unpaired) electrons. The average molecular weight is 364 g/mol. The molecule has 6 nitrogen and oxygen atoms in total. The average Bonchev–Trinajstić information content (AvgIpc) is 2.68. The van der Waals surface area contributed by atoms with Crippen molar-refractivity contribution in [3.8, 4) is 5.75 Å². The second-order valence-corrected chi connectivity index (χ2v) is 6.14. The Hall–Kier alpha value is -3.41. The maximum atomic E-state index is 11.9. The van der Waals surface area contributed by atoms with E-state index in [-0.39, 0.29) is 11.3 Å². The summed E-state index contributed by atoms with van der Waals surface area (Å²) in [5.74, 6) is -0.0148. The van der Waals surface area contributed by atoms with E-state index in [9.17, 15) is 9.59 Å². The molecule has 27 heavy (non-hydrogen) atoms. The summed E-state index contributed by atoms with van der Waals surface area (Å²) in [4.78, 5) is 27.2. The van der Waals surface area contributed by atoms with Gasteiger partial charge in [0, 0.05) is 19.5 Å². The molecule has 0 saturated heterocycles. The van der Waals surface area contributed by atoms with Gasteiger partial charge in [0.2, 0.25) is 0 Å². The van der Waals surface area contributed by atoms with Crippen LogP contribution in [0.3, 0.4) is 0 Å². The molecule has 0 amide bonds. The predicted molar refractivity (Wildman–Crippen MR) is 101 cm³/mol. The molecule has 3 rings (SSSR count). The smallest absolute Gasteiger partial charge is 0.354 e. The minimum atomic E-state index is -1.21.